The average molecular weight is 710 g/mol. The lowest BCUT2D eigenvalue weighted by molar-refractivity contribution is -0.137. The van der Waals surface area contributed by atoms with Crippen molar-refractivity contribution in [1.82, 2.24) is 15.5 Å². The maximum absolute atomic E-state index is 14.3. The summed E-state index contributed by atoms with van der Waals surface area (Å²) in [6.07, 6.45) is 4.03. The lowest BCUT2D eigenvalue weighted by Gasteiger charge is -2.44. The van der Waals surface area contributed by atoms with Gasteiger partial charge < -0.3 is 25.4 Å². The van der Waals surface area contributed by atoms with E-state index in [1.807, 2.05) is 48.5 Å². The van der Waals surface area contributed by atoms with E-state index in [2.05, 4.69) is 10.6 Å². The number of aryl methyl sites for hydroxylation is 1. The standard InChI is InChI=1S/C38H39ClF3N3O5/c39-28-7-2-1-6-25(28)20-38(16-17-38)44-37(49)34-27(19-26-21-45(22-31(34)43-26)32(46)8-3-9-33(47)48)24-12-10-23(11-13-24)5-4-18-50-36-30(41)15-14-29(40)35(36)42/h1-2,6-7,10-15,26,31,43H,3-5,8-9,16-22H2,(H,44,49)(H,47,48)/t26-,31-/m1/s1. The quantitative estimate of drug-likeness (QED) is 0.135. The molecule has 8 nitrogen and oxygen atoms in total. The normalized spacial score (nSPS) is 19.2. The molecule has 264 valence electrons. The van der Waals surface area contributed by atoms with Gasteiger partial charge in [-0.15, -0.1) is 0 Å². The minimum atomic E-state index is -1.35. The highest BCUT2D eigenvalue weighted by Gasteiger charge is 2.47. The van der Waals surface area contributed by atoms with Crippen LogP contribution >= 0.6 is 11.6 Å². The van der Waals surface area contributed by atoms with Crippen LogP contribution in [0.1, 0.15) is 61.6 Å². The van der Waals surface area contributed by atoms with E-state index < -0.39 is 40.8 Å². The van der Waals surface area contributed by atoms with Crippen LogP contribution in [0.25, 0.3) is 5.57 Å². The van der Waals surface area contributed by atoms with Crippen LogP contribution in [0.5, 0.6) is 5.75 Å². The number of nitrogens with one attached hydrogen (secondary N) is 2. The van der Waals surface area contributed by atoms with Gasteiger partial charge in [0.2, 0.25) is 17.6 Å². The number of carbonyl (C=O) groups is 3. The minimum Gasteiger partial charge on any atom is -0.488 e. The Morgan fingerprint density at radius 3 is 2.42 bits per heavy atom. The number of carboxylic acids is 1. The molecule has 2 aliphatic heterocycles. The number of aliphatic carboxylic acids is 1. The van der Waals surface area contributed by atoms with E-state index >= 15 is 0 Å². The predicted octanol–water partition coefficient (Wildman–Crippen LogP) is 6.24. The summed E-state index contributed by atoms with van der Waals surface area (Å²) in [7, 11) is 0. The zero-order valence-electron chi connectivity index (χ0n) is 27.5. The van der Waals surface area contributed by atoms with Crippen LogP contribution in [0.3, 0.4) is 0 Å². The fourth-order valence-electron chi connectivity index (χ4n) is 6.91. The molecule has 1 saturated heterocycles. The maximum atomic E-state index is 14.3. The lowest BCUT2D eigenvalue weighted by Crippen LogP contribution is -2.62. The van der Waals surface area contributed by atoms with E-state index in [0.29, 0.717) is 48.9 Å². The molecule has 2 fully saturated rings. The molecule has 2 amide bonds. The Morgan fingerprint density at radius 2 is 1.70 bits per heavy atom. The second-order valence-electron chi connectivity index (χ2n) is 13.4. The molecule has 2 atom stereocenters. The number of fused-ring (bicyclic) bond motifs is 2. The first-order chi connectivity index (χ1) is 24.0. The Balaban J connectivity index is 1.19. The molecule has 0 radical (unpaired) electrons. The summed E-state index contributed by atoms with van der Waals surface area (Å²) in [5, 5.41) is 16.5. The summed E-state index contributed by atoms with van der Waals surface area (Å²) in [5.41, 5.74) is 3.86. The lowest BCUT2D eigenvalue weighted by atomic mass is 9.82. The van der Waals surface area contributed by atoms with Crippen molar-refractivity contribution < 1.29 is 37.4 Å². The van der Waals surface area contributed by atoms with Crippen LogP contribution in [0, 0.1) is 17.5 Å². The number of ether oxygens (including phenoxy) is 1. The molecule has 3 aromatic carbocycles. The van der Waals surface area contributed by atoms with Crippen LogP contribution in [0.15, 0.2) is 66.2 Å². The number of hydrogen-bond donors (Lipinski definition) is 3. The van der Waals surface area contributed by atoms with Gasteiger partial charge in [0.1, 0.15) is 0 Å². The zero-order chi connectivity index (χ0) is 35.4. The number of benzene rings is 3. The molecular formula is C38H39ClF3N3O5. The van der Waals surface area contributed by atoms with E-state index in [4.69, 9.17) is 21.4 Å². The topological polar surface area (TPSA) is 108 Å². The highest BCUT2D eigenvalue weighted by Crippen LogP contribution is 2.41. The van der Waals surface area contributed by atoms with Gasteiger partial charge in [-0.1, -0.05) is 54.1 Å². The van der Waals surface area contributed by atoms with Gasteiger partial charge >= 0.3 is 5.97 Å². The molecule has 1 saturated carbocycles. The molecule has 12 heteroatoms. The molecule has 1 aliphatic carbocycles. The fraction of sp³-hybridized carbons (Fsp3) is 0.395. The maximum Gasteiger partial charge on any atom is 0.303 e. The van der Waals surface area contributed by atoms with Gasteiger partial charge in [-0.2, -0.15) is 4.39 Å². The Hall–Kier alpha value is -4.35. The van der Waals surface area contributed by atoms with E-state index in [-0.39, 0.29) is 50.3 Å². The first-order valence-electron chi connectivity index (χ1n) is 16.9. The van der Waals surface area contributed by atoms with Crippen LogP contribution in [-0.4, -0.2) is 65.1 Å². The Kier molecular flexibility index (Phi) is 10.8. The number of hydrogen-bond acceptors (Lipinski definition) is 5. The summed E-state index contributed by atoms with van der Waals surface area (Å²) in [6, 6.07) is 16.4. The number of piperazine rings is 1. The van der Waals surface area contributed by atoms with Crippen molar-refractivity contribution in [1.29, 1.82) is 0 Å². The summed E-state index contributed by atoms with van der Waals surface area (Å²) in [4.78, 5) is 40.1. The summed E-state index contributed by atoms with van der Waals surface area (Å²) < 4.78 is 46.5. The highest BCUT2D eigenvalue weighted by atomic mass is 35.5. The number of carboxylic acid groups (broad SMARTS) is 1. The first-order valence-corrected chi connectivity index (χ1v) is 17.3. The molecule has 0 unspecified atom stereocenters. The molecule has 3 aliphatic rings. The number of carbonyl (C=O) groups excluding carboxylic acids is 2. The number of amides is 2. The Labute approximate surface area is 293 Å². The van der Waals surface area contributed by atoms with Gasteiger partial charge in [0.25, 0.3) is 0 Å². The van der Waals surface area contributed by atoms with E-state index in [9.17, 15) is 27.6 Å². The summed E-state index contributed by atoms with van der Waals surface area (Å²) in [5.74, 6) is -5.48. The van der Waals surface area contributed by atoms with Crippen molar-refractivity contribution in [3.05, 3.63) is 105 Å². The van der Waals surface area contributed by atoms with E-state index in [1.165, 1.54) is 0 Å². The van der Waals surface area contributed by atoms with Gasteiger partial charge in [0.05, 0.1) is 12.6 Å². The average Bonchev–Trinajstić information content (AvgIpc) is 3.85. The number of rotatable bonds is 14. The van der Waals surface area contributed by atoms with E-state index in [0.717, 1.165) is 41.2 Å². The fourth-order valence-corrected chi connectivity index (χ4v) is 7.11. The monoisotopic (exact) mass is 709 g/mol. The van der Waals surface area contributed by atoms with Gasteiger partial charge in [0.15, 0.2) is 17.4 Å². The molecule has 3 aromatic rings. The first kappa shape index (κ1) is 35.5. The predicted molar refractivity (Wildman–Crippen MR) is 182 cm³/mol. The molecule has 3 N–H and O–H groups in total. The van der Waals surface area contributed by atoms with Crippen LogP contribution in [-0.2, 0) is 27.2 Å². The van der Waals surface area contributed by atoms with Crippen LogP contribution < -0.4 is 15.4 Å². The third-order valence-corrected chi connectivity index (χ3v) is 10.0. The minimum absolute atomic E-state index is 0.00891. The Bertz CT molecular complexity index is 1800. The van der Waals surface area contributed by atoms with Crippen molar-refractivity contribution >= 4 is 35.0 Å². The second kappa shape index (κ2) is 15.3. The van der Waals surface area contributed by atoms with Crippen molar-refractivity contribution in [2.75, 3.05) is 19.7 Å². The van der Waals surface area contributed by atoms with Crippen LogP contribution in [0.2, 0.25) is 5.02 Å². The second-order valence-corrected chi connectivity index (χ2v) is 13.8. The number of nitrogens with zero attached hydrogens (tertiary/aromatic N) is 1. The van der Waals surface area contributed by atoms with Crippen molar-refractivity contribution in [3.63, 3.8) is 0 Å². The molecule has 6 rings (SSSR count). The molecule has 0 spiro atoms. The van der Waals surface area contributed by atoms with Crippen molar-refractivity contribution in [2.24, 2.45) is 0 Å². The molecule has 50 heavy (non-hydrogen) atoms. The molecule has 2 heterocycles. The van der Waals surface area contributed by atoms with Gasteiger partial charge in [0, 0.05) is 48.1 Å². The van der Waals surface area contributed by atoms with Crippen molar-refractivity contribution in [3.8, 4) is 5.75 Å². The van der Waals surface area contributed by atoms with Gasteiger partial charge in [-0.25, -0.2) is 8.78 Å². The highest BCUT2D eigenvalue weighted by molar-refractivity contribution is 6.31. The summed E-state index contributed by atoms with van der Waals surface area (Å²) >= 11 is 6.46. The van der Waals surface area contributed by atoms with Gasteiger partial charge in [-0.3, -0.25) is 14.4 Å². The van der Waals surface area contributed by atoms with Crippen molar-refractivity contribution in [2.45, 2.75) is 75.4 Å². The largest absolute Gasteiger partial charge is 0.488 e. The summed E-state index contributed by atoms with van der Waals surface area (Å²) in [6.45, 7) is 0.726. The Morgan fingerprint density at radius 1 is 0.960 bits per heavy atom. The van der Waals surface area contributed by atoms with Gasteiger partial charge in [-0.05, 0) is 85.4 Å². The van der Waals surface area contributed by atoms with E-state index in [1.54, 1.807) is 4.90 Å². The molecule has 0 aromatic heterocycles. The molecule has 2 bridgehead atoms. The third-order valence-electron chi connectivity index (χ3n) is 9.66. The number of halogens is 4. The smallest absolute Gasteiger partial charge is 0.303 e. The van der Waals surface area contributed by atoms with Crippen LogP contribution in [0.4, 0.5) is 13.2 Å². The zero-order valence-corrected chi connectivity index (χ0v) is 28.2. The third kappa shape index (κ3) is 8.33. The SMILES string of the molecule is O=C(O)CCCC(=O)N1C[C@H]2CC(c3ccc(CCCOc4c(F)ccc(F)c4F)cc3)=C(C(=O)NC3(Cc4ccccc4Cl)CC3)[C@@H](C1)N2. The molecular weight excluding hydrogens is 671 g/mol.